The zero-order valence-corrected chi connectivity index (χ0v) is 7.14. The molecule has 2 atom stereocenters. The maximum atomic E-state index is 5.93. The molecule has 0 radical (unpaired) electrons. The molecule has 0 saturated heterocycles. The van der Waals surface area contributed by atoms with Gasteiger partial charge in [0.2, 0.25) is 0 Å². The van der Waals surface area contributed by atoms with Gasteiger partial charge in [-0.25, -0.2) is 4.68 Å². The van der Waals surface area contributed by atoms with Gasteiger partial charge in [-0.15, -0.1) is 5.10 Å². The second-order valence-electron chi connectivity index (χ2n) is 3.36. The fraction of sp³-hybridized carbons (Fsp3) is 0.857. The highest BCUT2D eigenvalue weighted by atomic mass is 15.5. The van der Waals surface area contributed by atoms with Gasteiger partial charge >= 0.3 is 0 Å². The molecule has 0 bridgehead atoms. The van der Waals surface area contributed by atoms with Crippen LogP contribution < -0.4 is 5.73 Å². The molecule has 1 heterocycles. The Morgan fingerprint density at radius 1 is 1.50 bits per heavy atom. The summed E-state index contributed by atoms with van der Waals surface area (Å²) in [5.74, 6) is 1.30. The molecule has 1 saturated carbocycles. The van der Waals surface area contributed by atoms with E-state index in [1.807, 2.05) is 7.05 Å². The smallest absolute Gasteiger partial charge is 0.155 e. The molecule has 66 valence electrons. The van der Waals surface area contributed by atoms with Gasteiger partial charge in [0.15, 0.2) is 5.82 Å². The molecule has 1 aromatic heterocycles. The first kappa shape index (κ1) is 7.67. The minimum absolute atomic E-state index is 0.245. The average Bonchev–Trinajstić information content (AvgIpc) is 2.59. The zero-order valence-electron chi connectivity index (χ0n) is 7.14. The van der Waals surface area contributed by atoms with Gasteiger partial charge in [0, 0.05) is 19.0 Å². The van der Waals surface area contributed by atoms with E-state index in [0.29, 0.717) is 5.92 Å². The van der Waals surface area contributed by atoms with Crippen molar-refractivity contribution in [3.63, 3.8) is 0 Å². The number of aryl methyl sites for hydroxylation is 1. The second-order valence-corrected chi connectivity index (χ2v) is 3.36. The first-order chi connectivity index (χ1) is 5.79. The van der Waals surface area contributed by atoms with E-state index in [9.17, 15) is 0 Å². The van der Waals surface area contributed by atoms with E-state index in [0.717, 1.165) is 18.7 Å². The van der Waals surface area contributed by atoms with E-state index in [4.69, 9.17) is 5.73 Å². The Balaban J connectivity index is 2.24. The summed E-state index contributed by atoms with van der Waals surface area (Å²) >= 11 is 0. The summed E-state index contributed by atoms with van der Waals surface area (Å²) in [4.78, 5) is 0. The summed E-state index contributed by atoms with van der Waals surface area (Å²) in [7, 11) is 1.86. The topological polar surface area (TPSA) is 69.6 Å². The third-order valence-electron chi connectivity index (χ3n) is 2.55. The standard InChI is InChI=1S/C7H13N5/c1-12-7(9-10-11-12)5-3-2-4-6(5)8/h5-6H,2-4,8H2,1H3. The van der Waals surface area contributed by atoms with Crippen LogP contribution in [0.1, 0.15) is 31.0 Å². The van der Waals surface area contributed by atoms with Gasteiger partial charge < -0.3 is 5.73 Å². The minimum Gasteiger partial charge on any atom is -0.327 e. The summed E-state index contributed by atoms with van der Waals surface area (Å²) in [6.45, 7) is 0. The predicted octanol–water partition coefficient (Wildman–Crippen LogP) is -0.195. The molecule has 5 heteroatoms. The molecule has 12 heavy (non-hydrogen) atoms. The highest BCUT2D eigenvalue weighted by molar-refractivity contribution is 5.02. The molecular weight excluding hydrogens is 154 g/mol. The maximum absolute atomic E-state index is 5.93. The number of rotatable bonds is 1. The van der Waals surface area contributed by atoms with E-state index in [1.54, 1.807) is 4.68 Å². The Morgan fingerprint density at radius 3 is 2.83 bits per heavy atom. The van der Waals surface area contributed by atoms with Gasteiger partial charge in [0.25, 0.3) is 0 Å². The predicted molar refractivity (Wildman–Crippen MR) is 43.4 cm³/mol. The van der Waals surface area contributed by atoms with Crippen LogP contribution in [0.2, 0.25) is 0 Å². The molecule has 1 aromatic rings. The van der Waals surface area contributed by atoms with Crippen molar-refractivity contribution in [2.75, 3.05) is 0 Å². The van der Waals surface area contributed by atoms with Crippen molar-refractivity contribution in [2.45, 2.75) is 31.2 Å². The quantitative estimate of drug-likeness (QED) is 0.629. The van der Waals surface area contributed by atoms with Gasteiger partial charge in [-0.2, -0.15) is 0 Å². The van der Waals surface area contributed by atoms with Crippen LogP contribution in [0, 0.1) is 0 Å². The van der Waals surface area contributed by atoms with Crippen molar-refractivity contribution in [2.24, 2.45) is 12.8 Å². The van der Waals surface area contributed by atoms with Crippen LogP contribution in [0.3, 0.4) is 0 Å². The minimum atomic E-state index is 0.245. The van der Waals surface area contributed by atoms with Crippen LogP contribution >= 0.6 is 0 Å². The van der Waals surface area contributed by atoms with Crippen LogP contribution in [0.25, 0.3) is 0 Å². The summed E-state index contributed by atoms with van der Waals surface area (Å²) in [6.07, 6.45) is 3.41. The second kappa shape index (κ2) is 2.82. The van der Waals surface area contributed by atoms with Gasteiger partial charge in [-0.3, -0.25) is 0 Å². The fourth-order valence-electron chi connectivity index (χ4n) is 1.86. The van der Waals surface area contributed by atoms with Crippen LogP contribution in [0.15, 0.2) is 0 Å². The average molecular weight is 167 g/mol. The largest absolute Gasteiger partial charge is 0.327 e. The van der Waals surface area contributed by atoms with Crippen molar-refractivity contribution < 1.29 is 0 Å². The monoisotopic (exact) mass is 167 g/mol. The lowest BCUT2D eigenvalue weighted by Crippen LogP contribution is -2.25. The summed E-state index contributed by atoms with van der Waals surface area (Å²) in [5.41, 5.74) is 5.93. The molecule has 1 aliphatic carbocycles. The SMILES string of the molecule is Cn1nnnc1C1CCCC1N. The summed E-state index contributed by atoms with van der Waals surface area (Å²) < 4.78 is 1.72. The lowest BCUT2D eigenvalue weighted by molar-refractivity contribution is 0.545. The zero-order chi connectivity index (χ0) is 8.55. The first-order valence-electron chi connectivity index (χ1n) is 4.27. The molecular formula is C7H13N5. The lowest BCUT2D eigenvalue weighted by Gasteiger charge is -2.12. The molecule has 0 amide bonds. The molecule has 5 nitrogen and oxygen atoms in total. The maximum Gasteiger partial charge on any atom is 0.155 e. The molecule has 0 spiro atoms. The Morgan fingerprint density at radius 2 is 2.33 bits per heavy atom. The van der Waals surface area contributed by atoms with Gasteiger partial charge in [-0.1, -0.05) is 6.42 Å². The van der Waals surface area contributed by atoms with Crippen molar-refractivity contribution in [3.8, 4) is 0 Å². The Hall–Kier alpha value is -0.970. The van der Waals surface area contributed by atoms with E-state index >= 15 is 0 Å². The fourth-order valence-corrected chi connectivity index (χ4v) is 1.86. The Kier molecular flexibility index (Phi) is 1.80. The number of hydrogen-bond donors (Lipinski definition) is 1. The molecule has 1 fully saturated rings. The van der Waals surface area contributed by atoms with E-state index in [1.165, 1.54) is 6.42 Å². The van der Waals surface area contributed by atoms with Gasteiger partial charge in [-0.05, 0) is 23.3 Å². The van der Waals surface area contributed by atoms with Crippen LogP contribution in [0.5, 0.6) is 0 Å². The van der Waals surface area contributed by atoms with E-state index in [2.05, 4.69) is 15.5 Å². The number of aromatic nitrogens is 4. The number of hydrogen-bond acceptors (Lipinski definition) is 4. The highest BCUT2D eigenvalue weighted by Gasteiger charge is 2.29. The molecule has 2 unspecified atom stereocenters. The van der Waals surface area contributed by atoms with Crippen molar-refractivity contribution in [3.05, 3.63) is 5.82 Å². The molecule has 0 aliphatic heterocycles. The van der Waals surface area contributed by atoms with Crippen molar-refractivity contribution in [1.29, 1.82) is 0 Å². The van der Waals surface area contributed by atoms with E-state index < -0.39 is 0 Å². The normalized spacial score (nSPS) is 29.5. The third-order valence-corrected chi connectivity index (χ3v) is 2.55. The van der Waals surface area contributed by atoms with Crippen LogP contribution in [-0.4, -0.2) is 26.2 Å². The van der Waals surface area contributed by atoms with Crippen molar-refractivity contribution >= 4 is 0 Å². The highest BCUT2D eigenvalue weighted by Crippen LogP contribution is 2.31. The number of nitrogens with two attached hydrogens (primary N) is 1. The number of tetrazole rings is 1. The Bertz CT molecular complexity index is 269. The molecule has 2 rings (SSSR count). The lowest BCUT2D eigenvalue weighted by atomic mass is 10.0. The summed E-state index contributed by atoms with van der Waals surface area (Å²) in [5, 5.41) is 11.4. The third kappa shape index (κ3) is 1.10. The number of nitrogens with zero attached hydrogens (tertiary/aromatic N) is 4. The van der Waals surface area contributed by atoms with Crippen LogP contribution in [0.4, 0.5) is 0 Å². The molecule has 0 aromatic carbocycles. The van der Waals surface area contributed by atoms with E-state index in [-0.39, 0.29) is 6.04 Å². The van der Waals surface area contributed by atoms with Gasteiger partial charge in [0.05, 0.1) is 0 Å². The Labute approximate surface area is 70.9 Å². The summed E-state index contributed by atoms with van der Waals surface area (Å²) in [6, 6.07) is 0.245. The van der Waals surface area contributed by atoms with Crippen molar-refractivity contribution in [1.82, 2.24) is 20.2 Å². The van der Waals surface area contributed by atoms with Crippen LogP contribution in [-0.2, 0) is 7.05 Å². The molecule has 2 N–H and O–H groups in total. The van der Waals surface area contributed by atoms with Gasteiger partial charge in [0.1, 0.15) is 0 Å². The molecule has 1 aliphatic rings. The first-order valence-corrected chi connectivity index (χ1v) is 4.27.